The van der Waals surface area contributed by atoms with Gasteiger partial charge >= 0.3 is 0 Å². The summed E-state index contributed by atoms with van der Waals surface area (Å²) in [6.45, 7) is 13.0. The third-order valence-corrected chi connectivity index (χ3v) is 6.31. The van der Waals surface area contributed by atoms with Crippen molar-refractivity contribution in [3.05, 3.63) is 29.8 Å². The van der Waals surface area contributed by atoms with E-state index in [2.05, 4.69) is 28.8 Å². The van der Waals surface area contributed by atoms with Crippen LogP contribution in [0.4, 0.5) is 0 Å². The Balaban J connectivity index is 2.00. The third kappa shape index (κ3) is 6.59. The van der Waals surface area contributed by atoms with Gasteiger partial charge in [0.2, 0.25) is 10.0 Å². The molecule has 3 unspecified atom stereocenters. The lowest BCUT2D eigenvalue weighted by molar-refractivity contribution is 0.0904. The Morgan fingerprint density at radius 1 is 1.19 bits per heavy atom. The Morgan fingerprint density at radius 3 is 2.41 bits per heavy atom. The maximum Gasteiger partial charge on any atom is 0.251 e. The molecule has 0 aromatic heterocycles. The lowest BCUT2D eigenvalue weighted by atomic mass is 9.92. The summed E-state index contributed by atoms with van der Waals surface area (Å²) >= 11 is 0. The van der Waals surface area contributed by atoms with Gasteiger partial charge in [0, 0.05) is 37.3 Å². The Morgan fingerprint density at radius 2 is 1.81 bits per heavy atom. The van der Waals surface area contributed by atoms with E-state index in [1.807, 2.05) is 6.92 Å². The van der Waals surface area contributed by atoms with Gasteiger partial charge in [-0.25, -0.2) is 13.1 Å². The summed E-state index contributed by atoms with van der Waals surface area (Å²) < 4.78 is 27.2. The number of sulfonamides is 1. The van der Waals surface area contributed by atoms with E-state index in [0.717, 1.165) is 19.6 Å². The normalized spacial score (nSPS) is 22.6. The van der Waals surface area contributed by atoms with Crippen molar-refractivity contribution in [2.45, 2.75) is 58.0 Å². The second-order valence-corrected chi connectivity index (χ2v) is 10.1. The fourth-order valence-corrected chi connectivity index (χ4v) is 5.16. The van der Waals surface area contributed by atoms with Gasteiger partial charge in [0.25, 0.3) is 5.91 Å². The molecule has 1 amide bonds. The quantitative estimate of drug-likeness (QED) is 0.743. The number of carbonyl (C=O) groups is 1. The van der Waals surface area contributed by atoms with Crippen LogP contribution in [0.2, 0.25) is 0 Å². The van der Waals surface area contributed by atoms with Crippen LogP contribution in [0.25, 0.3) is 0 Å². The zero-order valence-electron chi connectivity index (χ0n) is 17.0. The molecule has 1 aliphatic heterocycles. The van der Waals surface area contributed by atoms with E-state index in [0.29, 0.717) is 17.4 Å². The monoisotopic (exact) mass is 395 g/mol. The van der Waals surface area contributed by atoms with Crippen LogP contribution in [0.5, 0.6) is 0 Å². The minimum Gasteiger partial charge on any atom is -0.348 e. The standard InChI is InChI=1S/C20H33N3O3S/c1-14(2)22-27(25,26)19-8-6-7-18(10-19)20(24)21-17(5)13-23-11-15(3)9-16(4)12-23/h6-8,10,14-17,22H,9,11-13H2,1-5H3,(H,21,24). The van der Waals surface area contributed by atoms with Crippen LogP contribution >= 0.6 is 0 Å². The number of benzene rings is 1. The maximum absolute atomic E-state index is 12.6. The highest BCUT2D eigenvalue weighted by molar-refractivity contribution is 7.89. The van der Waals surface area contributed by atoms with Crippen molar-refractivity contribution < 1.29 is 13.2 Å². The number of nitrogens with zero attached hydrogens (tertiary/aromatic N) is 1. The summed E-state index contributed by atoms with van der Waals surface area (Å²) in [5, 5.41) is 3.00. The summed E-state index contributed by atoms with van der Waals surface area (Å²) in [6.07, 6.45) is 1.25. The van der Waals surface area contributed by atoms with Gasteiger partial charge in [-0.2, -0.15) is 0 Å². The highest BCUT2D eigenvalue weighted by atomic mass is 32.2. The Kier molecular flexibility index (Phi) is 7.42. The average molecular weight is 396 g/mol. The van der Waals surface area contributed by atoms with Gasteiger partial charge in [0.1, 0.15) is 0 Å². The van der Waals surface area contributed by atoms with Gasteiger partial charge in [0.15, 0.2) is 0 Å². The second-order valence-electron chi connectivity index (χ2n) is 8.34. The molecule has 0 bridgehead atoms. The van der Waals surface area contributed by atoms with Crippen LogP contribution in [-0.4, -0.2) is 50.9 Å². The van der Waals surface area contributed by atoms with E-state index in [4.69, 9.17) is 0 Å². The molecular weight excluding hydrogens is 362 g/mol. The van der Waals surface area contributed by atoms with Crippen molar-refractivity contribution in [2.24, 2.45) is 11.8 Å². The van der Waals surface area contributed by atoms with Gasteiger partial charge in [-0.3, -0.25) is 4.79 Å². The SMILES string of the molecule is CC1CC(C)CN(CC(C)NC(=O)c2cccc(S(=O)(=O)NC(C)C)c2)C1. The number of rotatable bonds is 7. The Bertz CT molecular complexity index is 739. The minimum absolute atomic E-state index is 0.0101. The summed E-state index contributed by atoms with van der Waals surface area (Å²) in [7, 11) is -3.62. The van der Waals surface area contributed by atoms with E-state index in [9.17, 15) is 13.2 Å². The number of hydrogen-bond acceptors (Lipinski definition) is 4. The van der Waals surface area contributed by atoms with Crippen molar-refractivity contribution >= 4 is 15.9 Å². The third-order valence-electron chi connectivity index (χ3n) is 4.65. The molecule has 1 aromatic carbocycles. The number of amides is 1. The molecule has 1 saturated heterocycles. The summed E-state index contributed by atoms with van der Waals surface area (Å²) in [6, 6.07) is 5.95. The first-order valence-electron chi connectivity index (χ1n) is 9.72. The van der Waals surface area contributed by atoms with Crippen LogP contribution in [0.15, 0.2) is 29.2 Å². The molecule has 0 aliphatic carbocycles. The lowest BCUT2D eigenvalue weighted by Gasteiger charge is -2.36. The molecule has 1 heterocycles. The van der Waals surface area contributed by atoms with Crippen molar-refractivity contribution in [3.8, 4) is 0 Å². The fourth-order valence-electron chi connectivity index (χ4n) is 3.86. The van der Waals surface area contributed by atoms with Crippen LogP contribution in [0.3, 0.4) is 0 Å². The van der Waals surface area contributed by atoms with Crippen LogP contribution in [-0.2, 0) is 10.0 Å². The number of likely N-dealkylation sites (tertiary alicyclic amines) is 1. The molecule has 0 radical (unpaired) electrons. The predicted molar refractivity (Wildman–Crippen MR) is 108 cm³/mol. The van der Waals surface area contributed by atoms with Gasteiger partial charge in [0.05, 0.1) is 4.90 Å². The van der Waals surface area contributed by atoms with Gasteiger partial charge in [-0.1, -0.05) is 19.9 Å². The summed E-state index contributed by atoms with van der Waals surface area (Å²) in [4.78, 5) is 15.1. The van der Waals surface area contributed by atoms with Crippen LogP contribution in [0.1, 0.15) is 51.4 Å². The lowest BCUT2D eigenvalue weighted by Crippen LogP contribution is -2.47. The predicted octanol–water partition coefficient (Wildman–Crippen LogP) is 2.47. The van der Waals surface area contributed by atoms with Crippen LogP contribution < -0.4 is 10.0 Å². The molecule has 7 heteroatoms. The van der Waals surface area contributed by atoms with E-state index >= 15 is 0 Å². The fraction of sp³-hybridized carbons (Fsp3) is 0.650. The summed E-state index contributed by atoms with van der Waals surface area (Å²) in [5.74, 6) is 1.10. The van der Waals surface area contributed by atoms with E-state index in [1.165, 1.54) is 18.6 Å². The molecule has 1 aliphatic rings. The van der Waals surface area contributed by atoms with Crippen LogP contribution in [0, 0.1) is 11.8 Å². The second kappa shape index (κ2) is 9.17. The van der Waals surface area contributed by atoms with Gasteiger partial charge in [-0.05, 0) is 57.2 Å². The number of piperidine rings is 1. The van der Waals surface area contributed by atoms with E-state index in [-0.39, 0.29) is 22.9 Å². The molecule has 1 aromatic rings. The molecule has 1 fully saturated rings. The zero-order chi connectivity index (χ0) is 20.2. The highest BCUT2D eigenvalue weighted by Gasteiger charge is 2.24. The molecule has 2 rings (SSSR count). The van der Waals surface area contributed by atoms with E-state index in [1.54, 1.807) is 26.0 Å². The molecular formula is C20H33N3O3S. The van der Waals surface area contributed by atoms with Gasteiger partial charge < -0.3 is 10.2 Å². The molecule has 0 saturated carbocycles. The molecule has 0 spiro atoms. The number of hydrogen-bond donors (Lipinski definition) is 2. The molecule has 3 atom stereocenters. The topological polar surface area (TPSA) is 78.5 Å². The Hall–Kier alpha value is -1.44. The highest BCUT2D eigenvalue weighted by Crippen LogP contribution is 2.21. The van der Waals surface area contributed by atoms with Crippen molar-refractivity contribution in [1.82, 2.24) is 14.9 Å². The molecule has 152 valence electrons. The zero-order valence-corrected chi connectivity index (χ0v) is 17.8. The largest absolute Gasteiger partial charge is 0.348 e. The first kappa shape index (κ1) is 21.9. The first-order valence-corrected chi connectivity index (χ1v) is 11.2. The molecule has 27 heavy (non-hydrogen) atoms. The van der Waals surface area contributed by atoms with Crippen molar-refractivity contribution in [1.29, 1.82) is 0 Å². The maximum atomic E-state index is 12.6. The van der Waals surface area contributed by atoms with Crippen molar-refractivity contribution in [3.63, 3.8) is 0 Å². The first-order chi connectivity index (χ1) is 12.6. The smallest absolute Gasteiger partial charge is 0.251 e. The molecule has 6 nitrogen and oxygen atoms in total. The Labute approximate surface area is 163 Å². The minimum atomic E-state index is -3.62. The summed E-state index contributed by atoms with van der Waals surface area (Å²) in [5.41, 5.74) is 0.355. The average Bonchev–Trinajstić information content (AvgIpc) is 2.52. The van der Waals surface area contributed by atoms with Crippen molar-refractivity contribution in [2.75, 3.05) is 19.6 Å². The van der Waals surface area contributed by atoms with E-state index < -0.39 is 10.0 Å². The molecule has 2 N–H and O–H groups in total. The van der Waals surface area contributed by atoms with Gasteiger partial charge in [-0.15, -0.1) is 0 Å². The number of nitrogens with one attached hydrogen (secondary N) is 2. The number of carbonyl (C=O) groups excluding carboxylic acids is 1.